The lowest BCUT2D eigenvalue weighted by Gasteiger charge is -2.47. The van der Waals surface area contributed by atoms with Gasteiger partial charge >= 0.3 is 23.9 Å². The molecule has 0 radical (unpaired) electrons. The highest BCUT2D eigenvalue weighted by atomic mass is 16.8. The van der Waals surface area contributed by atoms with Crippen molar-refractivity contribution in [2.24, 2.45) is 5.92 Å². The fourth-order valence-corrected chi connectivity index (χ4v) is 11.2. The van der Waals surface area contributed by atoms with Crippen molar-refractivity contribution in [1.82, 2.24) is 10.2 Å². The quantitative estimate of drug-likeness (QED) is 0.0260. The van der Waals surface area contributed by atoms with Crippen LogP contribution in [-0.4, -0.2) is 235 Å². The smallest absolute Gasteiger partial charge is 0.303 e. The first-order chi connectivity index (χ1) is 41.9. The average Bonchev–Trinajstić information content (AvgIpc) is 1.62. The highest BCUT2D eigenvalue weighted by molar-refractivity contribution is 5.78. The van der Waals surface area contributed by atoms with E-state index in [1.54, 1.807) is 0 Å². The maximum atomic E-state index is 12.7. The van der Waals surface area contributed by atoms with Crippen molar-refractivity contribution >= 4 is 35.6 Å². The van der Waals surface area contributed by atoms with Crippen LogP contribution >= 0.6 is 0 Å². The van der Waals surface area contributed by atoms with Gasteiger partial charge in [-0.05, 0) is 71.5 Å². The number of ether oxygens (including phenoxy) is 12. The number of carbonyl (C=O) groups is 6. The van der Waals surface area contributed by atoms with E-state index in [9.17, 15) is 59.4 Å². The van der Waals surface area contributed by atoms with Crippen molar-refractivity contribution in [3.63, 3.8) is 0 Å². The van der Waals surface area contributed by atoms with Gasteiger partial charge in [-0.15, -0.1) is 0 Å². The number of amides is 1. The Hall–Kier alpha value is -3.58. The van der Waals surface area contributed by atoms with Crippen LogP contribution in [0.25, 0.3) is 0 Å². The van der Waals surface area contributed by atoms with E-state index in [0.29, 0.717) is 38.5 Å². The Bertz CT molecular complexity index is 2020. The molecule has 4 aliphatic heterocycles. The van der Waals surface area contributed by atoms with Crippen molar-refractivity contribution < 1.29 is 116 Å². The van der Waals surface area contributed by atoms with Gasteiger partial charge in [-0.25, -0.2) is 0 Å². The second-order valence-electron chi connectivity index (χ2n) is 24.6. The highest BCUT2D eigenvalue weighted by Crippen LogP contribution is 2.34. The van der Waals surface area contributed by atoms with E-state index < -0.39 is 161 Å². The summed E-state index contributed by atoms with van der Waals surface area (Å²) in [5, 5.41) is 71.5. The fourth-order valence-electron chi connectivity index (χ4n) is 11.2. The minimum absolute atomic E-state index is 0.0000897. The summed E-state index contributed by atoms with van der Waals surface area (Å²) in [7, 11) is 4.15. The SMILES string of the molecule is CC(=O)OC1COC(OC2C(OC(CC(C)C)C(O)CCCCCCCC(=O)CCCCCCCCCCCCC(=O)NCCCCCN(C)C)OCC(O)C2OC2OCC(OC3OCC(OC(C)=O)C(OC(C)=O)C3OC(C)=O)C(O)C2O)C(O)C1O. The third-order valence-electron chi connectivity index (χ3n) is 15.9. The van der Waals surface area contributed by atoms with E-state index in [-0.39, 0.29) is 17.6 Å². The number of nitrogens with one attached hydrogen (secondary N) is 1. The Labute approximate surface area is 519 Å². The van der Waals surface area contributed by atoms with Gasteiger partial charge in [0.2, 0.25) is 5.91 Å². The summed E-state index contributed by atoms with van der Waals surface area (Å²) >= 11 is 0. The molecule has 1 amide bonds. The van der Waals surface area contributed by atoms with E-state index >= 15 is 0 Å². The molecule has 18 atom stereocenters. The maximum absolute atomic E-state index is 12.7. The van der Waals surface area contributed by atoms with Crippen LogP contribution < -0.4 is 5.32 Å². The third kappa shape index (κ3) is 28.5. The first kappa shape index (κ1) is 76.9. The number of aliphatic hydroxyl groups excluding tert-OH is 6. The lowest BCUT2D eigenvalue weighted by Crippen LogP contribution is -2.64. The molecule has 7 N–H and O–H groups in total. The number of unbranched alkanes of at least 4 members (excludes halogenated alkanes) is 15. The number of carbonyl (C=O) groups excluding carboxylic acids is 6. The van der Waals surface area contributed by atoms with Crippen LogP contribution in [0.2, 0.25) is 0 Å². The molecule has 4 rings (SSSR count). The number of rotatable bonds is 42. The van der Waals surface area contributed by atoms with Crippen LogP contribution in [0.15, 0.2) is 0 Å². The fraction of sp³-hybridized carbons (Fsp3) is 0.903. The molecule has 510 valence electrons. The van der Waals surface area contributed by atoms with Gasteiger partial charge in [-0.1, -0.05) is 97.3 Å². The minimum Gasteiger partial charge on any atom is -0.457 e. The van der Waals surface area contributed by atoms with Crippen molar-refractivity contribution in [1.29, 1.82) is 0 Å². The molecule has 0 saturated carbocycles. The Balaban J connectivity index is 1.25. The van der Waals surface area contributed by atoms with E-state index in [0.717, 1.165) is 124 Å². The first-order valence-electron chi connectivity index (χ1n) is 32.2. The summed E-state index contributed by atoms with van der Waals surface area (Å²) in [5.74, 6) is -2.68. The zero-order valence-electron chi connectivity index (χ0n) is 53.5. The van der Waals surface area contributed by atoms with Gasteiger partial charge in [-0.3, -0.25) is 28.8 Å². The van der Waals surface area contributed by atoms with Crippen molar-refractivity contribution in [2.75, 3.05) is 53.6 Å². The largest absolute Gasteiger partial charge is 0.457 e. The monoisotopic (exact) mass is 1260 g/mol. The van der Waals surface area contributed by atoms with Crippen molar-refractivity contribution in [2.45, 2.75) is 300 Å². The molecule has 4 aliphatic rings. The summed E-state index contributed by atoms with van der Waals surface area (Å²) in [6.45, 7) is 8.36. The zero-order chi connectivity index (χ0) is 64.7. The third-order valence-corrected chi connectivity index (χ3v) is 15.9. The van der Waals surface area contributed by atoms with Crippen LogP contribution in [0.4, 0.5) is 0 Å². The van der Waals surface area contributed by atoms with Gasteiger partial charge in [0.1, 0.15) is 54.6 Å². The lowest BCUT2D eigenvalue weighted by molar-refractivity contribution is -0.379. The van der Waals surface area contributed by atoms with E-state index in [1.165, 1.54) is 25.7 Å². The highest BCUT2D eigenvalue weighted by Gasteiger charge is 2.54. The molecule has 4 saturated heterocycles. The summed E-state index contributed by atoms with van der Waals surface area (Å²) in [6.07, 6.45) is -6.35. The number of hydrogen-bond donors (Lipinski definition) is 7. The topological polar surface area (TPSA) is 350 Å². The molecule has 0 spiro atoms. The van der Waals surface area contributed by atoms with Crippen LogP contribution in [-0.2, 0) is 85.6 Å². The summed E-state index contributed by atoms with van der Waals surface area (Å²) in [4.78, 5) is 75.0. The van der Waals surface area contributed by atoms with Gasteiger partial charge in [0.05, 0.1) is 38.6 Å². The van der Waals surface area contributed by atoms with Crippen LogP contribution in [0.3, 0.4) is 0 Å². The van der Waals surface area contributed by atoms with E-state index in [1.807, 2.05) is 13.8 Å². The summed E-state index contributed by atoms with van der Waals surface area (Å²) in [6, 6.07) is 0. The number of Topliss-reactive ketones (excluding diaryl/α,β-unsaturated/α-hetero) is 1. The van der Waals surface area contributed by atoms with Crippen LogP contribution in [0, 0.1) is 5.92 Å². The second kappa shape index (κ2) is 41.8. The second-order valence-corrected chi connectivity index (χ2v) is 24.6. The predicted octanol–water partition coefficient (Wildman–Crippen LogP) is 3.72. The number of esters is 4. The number of ketones is 1. The molecule has 26 heteroatoms. The van der Waals surface area contributed by atoms with Gasteiger partial charge in [0.25, 0.3) is 0 Å². The molecular weight excluding hydrogens is 1160 g/mol. The first-order valence-corrected chi connectivity index (χ1v) is 32.2. The average molecular weight is 1270 g/mol. The Kier molecular flexibility index (Phi) is 36.5. The molecular formula is C62H108N2O24. The lowest BCUT2D eigenvalue weighted by atomic mass is 9.96. The van der Waals surface area contributed by atoms with Crippen molar-refractivity contribution in [3.05, 3.63) is 0 Å². The minimum atomic E-state index is -1.93. The molecule has 0 aromatic rings. The molecule has 0 aromatic heterocycles. The normalized spacial score (nSPS) is 29.9. The number of hydrogen-bond acceptors (Lipinski definition) is 25. The molecule has 88 heavy (non-hydrogen) atoms. The number of aliphatic hydroxyl groups is 6. The van der Waals surface area contributed by atoms with E-state index in [2.05, 4.69) is 24.3 Å². The number of nitrogens with zero attached hydrogens (tertiary/aromatic N) is 1. The van der Waals surface area contributed by atoms with Crippen LogP contribution in [0.1, 0.15) is 189 Å². The molecule has 4 fully saturated rings. The van der Waals surface area contributed by atoms with Gasteiger partial charge in [0.15, 0.2) is 49.6 Å². The molecule has 0 aliphatic carbocycles. The Morgan fingerprint density at radius 1 is 0.477 bits per heavy atom. The standard InChI is InChI=1S/C62H108N2O24/c1-38(2)33-46(44(70)29-23-18-15-17-22-28-43(69)27-21-16-13-11-9-10-12-14-19-24-30-50(72)63-31-25-20-26-32-64(7)8)85-61-57(88-60-53(75)51(73)47(35-78-60)81-39(3)65)55(45(71)34-77-61)87-59-54(76)52(74)48(36-79-59)86-62-58(84-42(6)68)56(83-41(5)67)49(37-80-62)82-40(4)66/h38,44-49,51-62,70-71,73-76H,9-37H2,1-8H3,(H,63,72). The molecule has 0 aromatic carbocycles. The van der Waals surface area contributed by atoms with E-state index in [4.69, 9.17) is 56.8 Å². The molecule has 4 heterocycles. The Morgan fingerprint density at radius 2 is 0.932 bits per heavy atom. The molecule has 26 nitrogen and oxygen atoms in total. The molecule has 0 bridgehead atoms. The van der Waals surface area contributed by atoms with Crippen molar-refractivity contribution in [3.8, 4) is 0 Å². The van der Waals surface area contributed by atoms with Gasteiger partial charge in [-0.2, -0.15) is 0 Å². The van der Waals surface area contributed by atoms with Crippen LogP contribution in [0.5, 0.6) is 0 Å². The maximum Gasteiger partial charge on any atom is 0.303 e. The zero-order valence-corrected chi connectivity index (χ0v) is 53.5. The van der Waals surface area contributed by atoms with Gasteiger partial charge in [0, 0.05) is 53.5 Å². The van der Waals surface area contributed by atoms with Gasteiger partial charge < -0.3 is 97.7 Å². The Morgan fingerprint density at radius 3 is 1.49 bits per heavy atom. The molecule has 18 unspecified atom stereocenters. The summed E-state index contributed by atoms with van der Waals surface area (Å²) in [5.41, 5.74) is 0. The summed E-state index contributed by atoms with van der Waals surface area (Å²) < 4.78 is 69.4. The predicted molar refractivity (Wildman–Crippen MR) is 314 cm³/mol.